The average Bonchev–Trinajstić information content (AvgIpc) is 2.40. The van der Waals surface area contributed by atoms with E-state index >= 15 is 0 Å². The second-order valence-electron chi connectivity index (χ2n) is 4.89. The van der Waals surface area contributed by atoms with Crippen molar-refractivity contribution in [3.05, 3.63) is 35.4 Å². The number of rotatable bonds is 3. The standard InChI is InChI=1S/C15H18N2O/c16-11-13-8-6-12(7-9-13)10-15(18)17-14-4-2-1-3-5-14/h6-9,14H,1-5,10H2,(H,17,18). The Morgan fingerprint density at radius 3 is 2.50 bits per heavy atom. The molecular weight excluding hydrogens is 224 g/mol. The summed E-state index contributed by atoms with van der Waals surface area (Å²) in [5.74, 6) is 0.0895. The summed E-state index contributed by atoms with van der Waals surface area (Å²) in [6, 6.07) is 9.64. The number of benzene rings is 1. The number of carbonyl (C=O) groups is 1. The van der Waals surface area contributed by atoms with Gasteiger partial charge in [-0.15, -0.1) is 0 Å². The number of hydrogen-bond donors (Lipinski definition) is 1. The van der Waals surface area contributed by atoms with E-state index in [0.717, 1.165) is 18.4 Å². The van der Waals surface area contributed by atoms with Gasteiger partial charge < -0.3 is 5.32 Å². The lowest BCUT2D eigenvalue weighted by atomic mass is 9.95. The third-order valence-corrected chi connectivity index (χ3v) is 3.42. The highest BCUT2D eigenvalue weighted by Gasteiger charge is 2.15. The number of hydrogen-bond acceptors (Lipinski definition) is 2. The van der Waals surface area contributed by atoms with E-state index in [0.29, 0.717) is 18.0 Å². The maximum Gasteiger partial charge on any atom is 0.224 e. The van der Waals surface area contributed by atoms with E-state index in [9.17, 15) is 4.79 Å². The highest BCUT2D eigenvalue weighted by atomic mass is 16.1. The quantitative estimate of drug-likeness (QED) is 0.885. The molecule has 1 amide bonds. The van der Waals surface area contributed by atoms with Gasteiger partial charge in [0.1, 0.15) is 0 Å². The molecule has 1 aliphatic carbocycles. The summed E-state index contributed by atoms with van der Waals surface area (Å²) in [6.07, 6.45) is 6.37. The SMILES string of the molecule is N#Cc1ccc(CC(=O)NC2CCCCC2)cc1. The lowest BCUT2D eigenvalue weighted by Crippen LogP contribution is -2.37. The molecule has 3 nitrogen and oxygen atoms in total. The Morgan fingerprint density at radius 1 is 1.22 bits per heavy atom. The molecule has 1 N–H and O–H groups in total. The minimum Gasteiger partial charge on any atom is -0.353 e. The van der Waals surface area contributed by atoms with Crippen LogP contribution < -0.4 is 5.32 Å². The van der Waals surface area contributed by atoms with Crippen LogP contribution in [0.25, 0.3) is 0 Å². The van der Waals surface area contributed by atoms with Crippen molar-refractivity contribution in [2.45, 2.75) is 44.6 Å². The molecule has 94 valence electrons. The zero-order valence-electron chi connectivity index (χ0n) is 10.5. The molecule has 3 heteroatoms. The number of nitrogens with one attached hydrogen (secondary N) is 1. The van der Waals surface area contributed by atoms with Crippen molar-refractivity contribution in [3.8, 4) is 6.07 Å². The highest BCUT2D eigenvalue weighted by molar-refractivity contribution is 5.78. The number of amides is 1. The fraction of sp³-hybridized carbons (Fsp3) is 0.467. The fourth-order valence-corrected chi connectivity index (χ4v) is 2.41. The Kier molecular flexibility index (Phi) is 4.35. The van der Waals surface area contributed by atoms with Crippen LogP contribution in [0.3, 0.4) is 0 Å². The molecule has 0 aliphatic heterocycles. The van der Waals surface area contributed by atoms with Crippen LogP contribution in [0, 0.1) is 11.3 Å². The molecule has 1 aromatic rings. The van der Waals surface area contributed by atoms with Crippen molar-refractivity contribution in [2.75, 3.05) is 0 Å². The lowest BCUT2D eigenvalue weighted by Gasteiger charge is -2.22. The van der Waals surface area contributed by atoms with Crippen LogP contribution in [0.1, 0.15) is 43.2 Å². The van der Waals surface area contributed by atoms with Crippen molar-refractivity contribution < 1.29 is 4.79 Å². The minimum atomic E-state index is 0.0895. The predicted molar refractivity (Wildman–Crippen MR) is 69.9 cm³/mol. The van der Waals surface area contributed by atoms with E-state index in [4.69, 9.17) is 5.26 Å². The number of nitrogens with zero attached hydrogens (tertiary/aromatic N) is 1. The summed E-state index contributed by atoms with van der Waals surface area (Å²) < 4.78 is 0. The normalized spacial score (nSPS) is 15.9. The first kappa shape index (κ1) is 12.6. The van der Waals surface area contributed by atoms with Gasteiger partial charge in [0.05, 0.1) is 18.1 Å². The molecule has 0 saturated heterocycles. The summed E-state index contributed by atoms with van der Waals surface area (Å²) in [6.45, 7) is 0. The van der Waals surface area contributed by atoms with Crippen LogP contribution in [0.4, 0.5) is 0 Å². The van der Waals surface area contributed by atoms with Crippen molar-refractivity contribution in [1.82, 2.24) is 5.32 Å². The summed E-state index contributed by atoms with van der Waals surface area (Å²) in [5.41, 5.74) is 1.59. The van der Waals surface area contributed by atoms with Crippen LogP contribution in [-0.4, -0.2) is 11.9 Å². The molecular formula is C15H18N2O. The number of carbonyl (C=O) groups excluding carboxylic acids is 1. The molecule has 1 aliphatic rings. The van der Waals surface area contributed by atoms with Crippen molar-refractivity contribution in [1.29, 1.82) is 5.26 Å². The molecule has 0 spiro atoms. The number of nitriles is 1. The molecule has 1 aromatic carbocycles. The molecule has 0 bridgehead atoms. The van der Waals surface area contributed by atoms with Gasteiger partial charge in [0.2, 0.25) is 5.91 Å². The molecule has 0 unspecified atom stereocenters. The van der Waals surface area contributed by atoms with Gasteiger partial charge in [0, 0.05) is 6.04 Å². The van der Waals surface area contributed by atoms with Gasteiger partial charge in [-0.2, -0.15) is 5.26 Å². The second kappa shape index (κ2) is 6.20. The van der Waals surface area contributed by atoms with Gasteiger partial charge in [-0.05, 0) is 30.5 Å². The van der Waals surface area contributed by atoms with Crippen LogP contribution in [0.5, 0.6) is 0 Å². The first-order valence-electron chi connectivity index (χ1n) is 6.56. The summed E-state index contributed by atoms with van der Waals surface area (Å²) in [5, 5.41) is 11.8. The Labute approximate surface area is 108 Å². The van der Waals surface area contributed by atoms with Gasteiger partial charge in [-0.1, -0.05) is 31.4 Å². The molecule has 0 aromatic heterocycles. The first-order chi connectivity index (χ1) is 8.78. The first-order valence-corrected chi connectivity index (χ1v) is 6.56. The highest BCUT2D eigenvalue weighted by Crippen LogP contribution is 2.17. The molecule has 1 saturated carbocycles. The minimum absolute atomic E-state index is 0.0895. The van der Waals surface area contributed by atoms with Gasteiger partial charge in [-0.25, -0.2) is 0 Å². The zero-order chi connectivity index (χ0) is 12.8. The topological polar surface area (TPSA) is 52.9 Å². The smallest absolute Gasteiger partial charge is 0.224 e. The molecule has 18 heavy (non-hydrogen) atoms. The van der Waals surface area contributed by atoms with Crippen molar-refractivity contribution in [2.24, 2.45) is 0 Å². The summed E-state index contributed by atoms with van der Waals surface area (Å²) in [4.78, 5) is 11.9. The van der Waals surface area contributed by atoms with Gasteiger partial charge in [0.25, 0.3) is 0 Å². The van der Waals surface area contributed by atoms with E-state index in [-0.39, 0.29) is 5.91 Å². The lowest BCUT2D eigenvalue weighted by molar-refractivity contribution is -0.121. The Hall–Kier alpha value is -1.82. The zero-order valence-corrected chi connectivity index (χ0v) is 10.5. The van der Waals surface area contributed by atoms with E-state index < -0.39 is 0 Å². The van der Waals surface area contributed by atoms with Gasteiger partial charge >= 0.3 is 0 Å². The maximum atomic E-state index is 11.9. The summed E-state index contributed by atoms with van der Waals surface area (Å²) >= 11 is 0. The van der Waals surface area contributed by atoms with Gasteiger partial charge in [-0.3, -0.25) is 4.79 Å². The van der Waals surface area contributed by atoms with Crippen LogP contribution in [0.15, 0.2) is 24.3 Å². The van der Waals surface area contributed by atoms with Crippen molar-refractivity contribution >= 4 is 5.91 Å². The third-order valence-electron chi connectivity index (χ3n) is 3.42. The predicted octanol–water partition coefficient (Wildman–Crippen LogP) is 2.55. The average molecular weight is 242 g/mol. The van der Waals surface area contributed by atoms with E-state index in [1.807, 2.05) is 12.1 Å². The second-order valence-corrected chi connectivity index (χ2v) is 4.89. The Bertz CT molecular complexity index is 439. The van der Waals surface area contributed by atoms with E-state index in [1.165, 1.54) is 19.3 Å². The molecule has 0 radical (unpaired) electrons. The van der Waals surface area contributed by atoms with E-state index in [1.54, 1.807) is 12.1 Å². The fourth-order valence-electron chi connectivity index (χ4n) is 2.41. The van der Waals surface area contributed by atoms with Crippen LogP contribution >= 0.6 is 0 Å². The summed E-state index contributed by atoms with van der Waals surface area (Å²) in [7, 11) is 0. The molecule has 2 rings (SSSR count). The molecule has 0 atom stereocenters. The Balaban J connectivity index is 1.84. The maximum absolute atomic E-state index is 11.9. The van der Waals surface area contributed by atoms with Crippen molar-refractivity contribution in [3.63, 3.8) is 0 Å². The van der Waals surface area contributed by atoms with Gasteiger partial charge in [0.15, 0.2) is 0 Å². The largest absolute Gasteiger partial charge is 0.353 e. The Morgan fingerprint density at radius 2 is 1.89 bits per heavy atom. The van der Waals surface area contributed by atoms with Crippen LogP contribution in [-0.2, 0) is 11.2 Å². The molecule has 0 heterocycles. The third kappa shape index (κ3) is 3.59. The molecule has 1 fully saturated rings. The monoisotopic (exact) mass is 242 g/mol. The van der Waals surface area contributed by atoms with Crippen LogP contribution in [0.2, 0.25) is 0 Å². The van der Waals surface area contributed by atoms with E-state index in [2.05, 4.69) is 11.4 Å².